The number of rotatable bonds is 4. The normalized spacial score (nSPS) is 22.7. The Balaban J connectivity index is 0.000000929. The number of pyridine rings is 1. The van der Waals surface area contributed by atoms with Gasteiger partial charge in [0, 0.05) is 51.7 Å². The number of likely N-dealkylation sites (N-methyl/N-ethyl adjacent to an activating group) is 1. The maximum atomic E-state index is 14.0. The molecule has 0 saturated carbocycles. The molecule has 3 aliphatic rings. The molecule has 1 aromatic carbocycles. The first-order chi connectivity index (χ1) is 20.1. The number of imidazole rings is 1. The number of likely N-dealkylation sites (tertiary alicyclic amines) is 1. The molecule has 1 amide bonds. The summed E-state index contributed by atoms with van der Waals surface area (Å²) in [4.78, 5) is 30.2. The highest BCUT2D eigenvalue weighted by molar-refractivity contribution is 5.82. The number of hydrogen-bond acceptors (Lipinski definition) is 5. The van der Waals surface area contributed by atoms with Crippen LogP contribution in [0.1, 0.15) is 74.7 Å². The van der Waals surface area contributed by atoms with E-state index >= 15 is 0 Å². The van der Waals surface area contributed by atoms with E-state index in [9.17, 15) is 4.79 Å². The Bertz CT molecular complexity index is 1210. The van der Waals surface area contributed by atoms with Crippen molar-refractivity contribution in [2.45, 2.75) is 78.9 Å². The minimum atomic E-state index is -0.134. The van der Waals surface area contributed by atoms with Crippen LogP contribution < -0.4 is 0 Å². The lowest BCUT2D eigenvalue weighted by Crippen LogP contribution is -2.60. The van der Waals surface area contributed by atoms with E-state index in [0.717, 1.165) is 76.3 Å². The van der Waals surface area contributed by atoms with Crippen molar-refractivity contribution in [1.29, 1.82) is 0 Å². The van der Waals surface area contributed by atoms with E-state index in [0.29, 0.717) is 5.92 Å². The van der Waals surface area contributed by atoms with E-state index in [1.165, 1.54) is 16.7 Å². The van der Waals surface area contributed by atoms with Crippen LogP contribution in [0.3, 0.4) is 0 Å². The van der Waals surface area contributed by atoms with Crippen molar-refractivity contribution in [3.8, 4) is 0 Å². The number of aromatic nitrogens is 3. The number of benzene rings is 1. The average molecular weight is 559 g/mol. The lowest BCUT2D eigenvalue weighted by Gasteiger charge is -2.45. The highest BCUT2D eigenvalue weighted by atomic mass is 16.2. The van der Waals surface area contributed by atoms with Crippen molar-refractivity contribution in [3.05, 3.63) is 83.2 Å². The van der Waals surface area contributed by atoms with Crippen LogP contribution in [0.2, 0.25) is 0 Å². The molecule has 0 bridgehead atoms. The summed E-state index contributed by atoms with van der Waals surface area (Å²) >= 11 is 0. The Labute approximate surface area is 247 Å². The minimum Gasteiger partial charge on any atom is -0.341 e. The molecule has 0 spiro atoms. The molecular formula is C34H50N6O. The summed E-state index contributed by atoms with van der Waals surface area (Å²) in [6.07, 6.45) is 10.2. The zero-order valence-electron chi connectivity index (χ0n) is 26.1. The van der Waals surface area contributed by atoms with Gasteiger partial charge in [0.05, 0.1) is 23.8 Å². The van der Waals surface area contributed by atoms with Gasteiger partial charge < -0.3 is 9.47 Å². The molecule has 2 saturated heterocycles. The van der Waals surface area contributed by atoms with Gasteiger partial charge in [0.1, 0.15) is 6.04 Å². The molecule has 3 atom stereocenters. The zero-order valence-corrected chi connectivity index (χ0v) is 26.1. The lowest BCUT2D eigenvalue weighted by molar-refractivity contribution is -0.141. The van der Waals surface area contributed by atoms with Gasteiger partial charge in [0.2, 0.25) is 5.91 Å². The maximum Gasteiger partial charge on any atom is 0.241 e. The molecule has 41 heavy (non-hydrogen) atoms. The molecule has 3 aromatic rings. The van der Waals surface area contributed by atoms with E-state index in [1.807, 2.05) is 47.1 Å². The third-order valence-corrected chi connectivity index (χ3v) is 8.59. The molecule has 7 nitrogen and oxygen atoms in total. The number of fused-ring (bicyclic) bond motifs is 2. The largest absolute Gasteiger partial charge is 0.341 e. The van der Waals surface area contributed by atoms with E-state index in [-0.39, 0.29) is 18.0 Å². The molecule has 1 aliphatic carbocycles. The number of amides is 1. The smallest absolute Gasteiger partial charge is 0.241 e. The Kier molecular flexibility index (Phi) is 11.1. The molecule has 2 fully saturated rings. The van der Waals surface area contributed by atoms with E-state index in [2.05, 4.69) is 73.9 Å². The molecule has 2 unspecified atom stereocenters. The molecule has 7 heteroatoms. The number of carbonyl (C=O) groups excluding carboxylic acids is 1. The van der Waals surface area contributed by atoms with Crippen molar-refractivity contribution in [2.24, 2.45) is 5.92 Å². The molecule has 222 valence electrons. The third kappa shape index (κ3) is 7.07. The standard InChI is InChI=1S/C30H38N6O.2C2H6/c1-22-17-34(21-32-22)18-23-7-6-14-36(19-23)30(37)27-20-35(16-15-33(27)2)29-26-10-4-3-8-24(26)11-12-25-9-5-13-31-28(25)29;2*1-2/h3-5,8-10,13,17,21,23,27,29H,6-7,11-12,14-16,18-20H2,1-2H3;2*1-2H3/t23?,27-,29?;;/m1../s1. The fourth-order valence-corrected chi connectivity index (χ4v) is 6.61. The first-order valence-electron chi connectivity index (χ1n) is 15.8. The van der Waals surface area contributed by atoms with Crippen LogP contribution in [0.4, 0.5) is 0 Å². The summed E-state index contributed by atoms with van der Waals surface area (Å²) < 4.78 is 2.18. The average Bonchev–Trinajstić information content (AvgIpc) is 3.35. The maximum absolute atomic E-state index is 14.0. The number of carbonyl (C=O) groups is 1. The molecule has 0 N–H and O–H groups in total. The van der Waals surface area contributed by atoms with Crippen LogP contribution in [0.15, 0.2) is 55.1 Å². The van der Waals surface area contributed by atoms with Crippen molar-refractivity contribution in [2.75, 3.05) is 39.8 Å². The fourth-order valence-electron chi connectivity index (χ4n) is 6.61. The van der Waals surface area contributed by atoms with Crippen LogP contribution in [-0.4, -0.2) is 81.0 Å². The third-order valence-electron chi connectivity index (χ3n) is 8.59. The van der Waals surface area contributed by atoms with Gasteiger partial charge in [0.15, 0.2) is 0 Å². The van der Waals surface area contributed by atoms with Gasteiger partial charge >= 0.3 is 0 Å². The van der Waals surface area contributed by atoms with Crippen molar-refractivity contribution in [3.63, 3.8) is 0 Å². The van der Waals surface area contributed by atoms with E-state index in [4.69, 9.17) is 4.98 Å². The molecule has 6 rings (SSSR count). The van der Waals surface area contributed by atoms with Crippen LogP contribution in [0.5, 0.6) is 0 Å². The van der Waals surface area contributed by atoms with Crippen LogP contribution in [0, 0.1) is 12.8 Å². The summed E-state index contributed by atoms with van der Waals surface area (Å²) in [6, 6.07) is 13.1. The number of piperidine rings is 1. The summed E-state index contributed by atoms with van der Waals surface area (Å²) in [7, 11) is 2.11. The highest BCUT2D eigenvalue weighted by Crippen LogP contribution is 2.36. The summed E-state index contributed by atoms with van der Waals surface area (Å²) in [5, 5.41) is 0. The molecule has 0 radical (unpaired) electrons. The zero-order chi connectivity index (χ0) is 29.4. The predicted octanol–water partition coefficient (Wildman–Crippen LogP) is 5.38. The van der Waals surface area contributed by atoms with Gasteiger partial charge in [-0.15, -0.1) is 0 Å². The number of piperazine rings is 1. The number of hydrogen-bond donors (Lipinski definition) is 0. The van der Waals surface area contributed by atoms with E-state index in [1.54, 1.807) is 0 Å². The van der Waals surface area contributed by atoms with Crippen LogP contribution in [-0.2, 0) is 24.2 Å². The van der Waals surface area contributed by atoms with Gasteiger partial charge in [-0.05, 0) is 68.3 Å². The molecular weight excluding hydrogens is 508 g/mol. The van der Waals surface area contributed by atoms with Gasteiger partial charge in [0.25, 0.3) is 0 Å². The Morgan fingerprint density at radius 3 is 2.46 bits per heavy atom. The van der Waals surface area contributed by atoms with E-state index < -0.39 is 0 Å². The summed E-state index contributed by atoms with van der Waals surface area (Å²) in [6.45, 7) is 15.2. The topological polar surface area (TPSA) is 57.5 Å². The summed E-state index contributed by atoms with van der Waals surface area (Å²) in [5.74, 6) is 0.753. The van der Waals surface area contributed by atoms with Gasteiger partial charge in [-0.25, -0.2) is 4.98 Å². The van der Waals surface area contributed by atoms with Crippen molar-refractivity contribution < 1.29 is 4.79 Å². The van der Waals surface area contributed by atoms with Crippen LogP contribution >= 0.6 is 0 Å². The Morgan fingerprint density at radius 1 is 0.927 bits per heavy atom. The molecule has 2 aliphatic heterocycles. The predicted molar refractivity (Wildman–Crippen MR) is 167 cm³/mol. The van der Waals surface area contributed by atoms with Gasteiger partial charge in [-0.3, -0.25) is 19.6 Å². The minimum absolute atomic E-state index is 0.0949. The second-order valence-corrected chi connectivity index (χ2v) is 11.1. The second kappa shape index (κ2) is 14.7. The second-order valence-electron chi connectivity index (χ2n) is 11.1. The fraction of sp³-hybridized carbons (Fsp3) is 0.559. The Morgan fingerprint density at radius 2 is 1.68 bits per heavy atom. The highest BCUT2D eigenvalue weighted by Gasteiger charge is 2.39. The number of aryl methyl sites for hydroxylation is 3. The van der Waals surface area contributed by atoms with Crippen molar-refractivity contribution >= 4 is 5.91 Å². The van der Waals surface area contributed by atoms with Crippen LogP contribution in [0.25, 0.3) is 0 Å². The first kappa shape index (κ1) is 30.9. The van der Waals surface area contributed by atoms with Crippen molar-refractivity contribution in [1.82, 2.24) is 29.2 Å². The quantitative estimate of drug-likeness (QED) is 0.430. The number of nitrogens with zero attached hydrogens (tertiary/aromatic N) is 6. The van der Waals surface area contributed by atoms with Gasteiger partial charge in [-0.1, -0.05) is 58.0 Å². The molecule has 4 heterocycles. The SMILES string of the molecule is CC.CC.Cc1cn(CC2CCCN(C(=O)[C@H]3CN(C4c5ccccc5CCc5cccnc54)CCN3C)C2)cn1. The van der Waals surface area contributed by atoms with Gasteiger partial charge in [-0.2, -0.15) is 0 Å². The Hall–Kier alpha value is -3.03. The molecule has 2 aromatic heterocycles. The first-order valence-corrected chi connectivity index (χ1v) is 15.8. The lowest BCUT2D eigenvalue weighted by atomic mass is 9.94. The monoisotopic (exact) mass is 558 g/mol. The summed E-state index contributed by atoms with van der Waals surface area (Å²) in [5.41, 5.74) is 6.30.